The molecule has 1 aliphatic rings. The number of amides is 1. The van der Waals surface area contributed by atoms with E-state index in [1.165, 1.54) is 6.42 Å². The van der Waals surface area contributed by atoms with Crippen LogP contribution in [0.15, 0.2) is 18.2 Å². The maximum Gasteiger partial charge on any atom is 0.227 e. The molecule has 2 rings (SSSR count). The summed E-state index contributed by atoms with van der Waals surface area (Å²) in [5.41, 5.74) is 6.97. The average Bonchev–Trinajstić information content (AvgIpc) is 2.35. The van der Waals surface area contributed by atoms with Crippen molar-refractivity contribution in [1.29, 1.82) is 0 Å². The molecule has 0 atom stereocenters. The van der Waals surface area contributed by atoms with Gasteiger partial charge in [0.1, 0.15) is 0 Å². The van der Waals surface area contributed by atoms with Gasteiger partial charge in [0, 0.05) is 10.9 Å². The molecule has 1 amide bonds. The van der Waals surface area contributed by atoms with Crippen molar-refractivity contribution in [3.8, 4) is 0 Å². The molecule has 1 fully saturated rings. The third-order valence-electron chi connectivity index (χ3n) is 3.25. The normalized spacial score (nSPS) is 16.8. The molecule has 0 radical (unpaired) electrons. The number of benzene rings is 1. The van der Waals surface area contributed by atoms with E-state index in [0.29, 0.717) is 16.4 Å². The highest BCUT2D eigenvalue weighted by Crippen LogP contribution is 2.27. The van der Waals surface area contributed by atoms with Crippen molar-refractivity contribution < 1.29 is 4.79 Å². The molecule has 0 aromatic heterocycles. The van der Waals surface area contributed by atoms with E-state index in [2.05, 4.69) is 5.32 Å². The second-order valence-electron chi connectivity index (χ2n) is 4.56. The Balaban J connectivity index is 2.04. The quantitative estimate of drug-likeness (QED) is 0.793. The Bertz CT molecular complexity index is 414. The first-order valence-electron chi connectivity index (χ1n) is 6.02. The summed E-state index contributed by atoms with van der Waals surface area (Å²) in [4.78, 5) is 12.0. The zero-order valence-electron chi connectivity index (χ0n) is 9.71. The van der Waals surface area contributed by atoms with E-state index < -0.39 is 0 Å². The fourth-order valence-electron chi connectivity index (χ4n) is 2.24. The van der Waals surface area contributed by atoms with Gasteiger partial charge in [0.25, 0.3) is 0 Å². The summed E-state index contributed by atoms with van der Waals surface area (Å²) in [6, 6.07) is 5.11. The summed E-state index contributed by atoms with van der Waals surface area (Å²) in [6.07, 6.45) is 5.48. The molecule has 17 heavy (non-hydrogen) atoms. The zero-order chi connectivity index (χ0) is 12.3. The highest BCUT2D eigenvalue weighted by atomic mass is 35.5. The molecular weight excluding hydrogens is 236 g/mol. The third kappa shape index (κ3) is 3.13. The molecule has 92 valence electrons. The van der Waals surface area contributed by atoms with Crippen LogP contribution in [-0.2, 0) is 4.79 Å². The van der Waals surface area contributed by atoms with Gasteiger partial charge in [-0.2, -0.15) is 0 Å². The molecule has 1 aromatic rings. The second kappa shape index (κ2) is 5.41. The fraction of sp³-hybridized carbons (Fsp3) is 0.462. The van der Waals surface area contributed by atoms with Crippen molar-refractivity contribution in [2.24, 2.45) is 5.92 Å². The van der Waals surface area contributed by atoms with E-state index in [1.807, 2.05) is 0 Å². The van der Waals surface area contributed by atoms with Crippen molar-refractivity contribution in [2.75, 3.05) is 11.1 Å². The first kappa shape index (κ1) is 12.2. The van der Waals surface area contributed by atoms with E-state index in [9.17, 15) is 4.79 Å². The van der Waals surface area contributed by atoms with Crippen LogP contribution in [0, 0.1) is 5.92 Å². The van der Waals surface area contributed by atoms with Gasteiger partial charge in [0.05, 0.1) is 11.4 Å². The molecule has 0 spiro atoms. The Morgan fingerprint density at radius 1 is 1.29 bits per heavy atom. The van der Waals surface area contributed by atoms with Gasteiger partial charge in [-0.25, -0.2) is 0 Å². The van der Waals surface area contributed by atoms with Crippen LogP contribution in [0.2, 0.25) is 5.02 Å². The summed E-state index contributed by atoms with van der Waals surface area (Å²) in [5.74, 6) is 0.195. The smallest absolute Gasteiger partial charge is 0.227 e. The minimum atomic E-state index is 0.0682. The molecule has 1 saturated carbocycles. The molecule has 0 heterocycles. The molecule has 4 heteroatoms. The minimum Gasteiger partial charge on any atom is -0.397 e. The molecule has 1 aromatic carbocycles. The van der Waals surface area contributed by atoms with Crippen LogP contribution in [0.3, 0.4) is 0 Å². The average molecular weight is 253 g/mol. The Hall–Kier alpha value is -1.22. The Morgan fingerprint density at radius 2 is 2.00 bits per heavy atom. The predicted molar refractivity (Wildman–Crippen MR) is 71.1 cm³/mol. The SMILES string of the molecule is Nc1ccc(Cl)cc1NC(=O)C1CCCCC1. The summed E-state index contributed by atoms with van der Waals surface area (Å²) < 4.78 is 0. The first-order valence-corrected chi connectivity index (χ1v) is 6.40. The lowest BCUT2D eigenvalue weighted by Gasteiger charge is -2.21. The van der Waals surface area contributed by atoms with Crippen LogP contribution < -0.4 is 11.1 Å². The van der Waals surface area contributed by atoms with Gasteiger partial charge in [-0.3, -0.25) is 4.79 Å². The lowest BCUT2D eigenvalue weighted by atomic mass is 9.88. The second-order valence-corrected chi connectivity index (χ2v) is 4.99. The largest absolute Gasteiger partial charge is 0.397 e. The van der Waals surface area contributed by atoms with Gasteiger partial charge >= 0.3 is 0 Å². The third-order valence-corrected chi connectivity index (χ3v) is 3.48. The molecular formula is C13H17ClN2O. The van der Waals surface area contributed by atoms with Crippen molar-refractivity contribution in [2.45, 2.75) is 32.1 Å². The highest BCUT2D eigenvalue weighted by Gasteiger charge is 2.21. The van der Waals surface area contributed by atoms with Gasteiger partial charge in [0.2, 0.25) is 5.91 Å². The van der Waals surface area contributed by atoms with Crippen molar-refractivity contribution >= 4 is 28.9 Å². The Labute approximate surface area is 106 Å². The van der Waals surface area contributed by atoms with E-state index >= 15 is 0 Å². The molecule has 1 aliphatic carbocycles. The molecule has 0 bridgehead atoms. The monoisotopic (exact) mass is 252 g/mol. The van der Waals surface area contributed by atoms with Crippen molar-refractivity contribution in [3.05, 3.63) is 23.2 Å². The fourth-order valence-corrected chi connectivity index (χ4v) is 2.41. The van der Waals surface area contributed by atoms with E-state index in [-0.39, 0.29) is 11.8 Å². The standard InChI is InChI=1S/C13H17ClN2O/c14-10-6-7-11(15)12(8-10)16-13(17)9-4-2-1-3-5-9/h6-9H,1-5,15H2,(H,16,17). The number of nitrogen functional groups attached to an aromatic ring is 1. The van der Waals surface area contributed by atoms with Crippen LogP contribution in [0.4, 0.5) is 11.4 Å². The van der Waals surface area contributed by atoms with Gasteiger partial charge in [0.15, 0.2) is 0 Å². The maximum atomic E-state index is 12.0. The number of anilines is 2. The van der Waals surface area contributed by atoms with Gasteiger partial charge in [-0.05, 0) is 31.0 Å². The van der Waals surface area contributed by atoms with Gasteiger partial charge in [-0.15, -0.1) is 0 Å². The molecule has 3 nitrogen and oxygen atoms in total. The van der Waals surface area contributed by atoms with Crippen molar-refractivity contribution in [3.63, 3.8) is 0 Å². The number of halogens is 1. The van der Waals surface area contributed by atoms with Gasteiger partial charge in [-0.1, -0.05) is 30.9 Å². The molecule has 0 saturated heterocycles. The van der Waals surface area contributed by atoms with Gasteiger partial charge < -0.3 is 11.1 Å². The molecule has 0 aliphatic heterocycles. The Kier molecular flexibility index (Phi) is 3.89. The molecule has 0 unspecified atom stereocenters. The van der Waals surface area contributed by atoms with E-state index in [4.69, 9.17) is 17.3 Å². The lowest BCUT2D eigenvalue weighted by Crippen LogP contribution is -2.25. The number of hydrogen-bond donors (Lipinski definition) is 2. The lowest BCUT2D eigenvalue weighted by molar-refractivity contribution is -0.120. The summed E-state index contributed by atoms with van der Waals surface area (Å²) in [6.45, 7) is 0. The predicted octanol–water partition coefficient (Wildman–Crippen LogP) is 3.44. The van der Waals surface area contributed by atoms with Crippen LogP contribution in [0.1, 0.15) is 32.1 Å². The Morgan fingerprint density at radius 3 is 2.71 bits per heavy atom. The topological polar surface area (TPSA) is 55.1 Å². The van der Waals surface area contributed by atoms with Crippen LogP contribution in [0.5, 0.6) is 0 Å². The maximum absolute atomic E-state index is 12.0. The number of carbonyl (C=O) groups is 1. The van der Waals surface area contributed by atoms with Crippen LogP contribution in [-0.4, -0.2) is 5.91 Å². The summed E-state index contributed by atoms with van der Waals surface area (Å²) >= 11 is 5.88. The van der Waals surface area contributed by atoms with Crippen molar-refractivity contribution in [1.82, 2.24) is 0 Å². The van der Waals surface area contributed by atoms with Crippen LogP contribution in [0.25, 0.3) is 0 Å². The highest BCUT2D eigenvalue weighted by molar-refractivity contribution is 6.31. The number of nitrogens with two attached hydrogens (primary N) is 1. The van der Waals surface area contributed by atoms with E-state index in [1.54, 1.807) is 18.2 Å². The summed E-state index contributed by atoms with van der Waals surface area (Å²) in [5, 5.41) is 3.45. The summed E-state index contributed by atoms with van der Waals surface area (Å²) in [7, 11) is 0. The molecule has 3 N–H and O–H groups in total. The number of nitrogens with one attached hydrogen (secondary N) is 1. The first-order chi connectivity index (χ1) is 8.16. The number of carbonyl (C=O) groups excluding carboxylic acids is 1. The van der Waals surface area contributed by atoms with Crippen LogP contribution >= 0.6 is 11.6 Å². The number of hydrogen-bond acceptors (Lipinski definition) is 2. The van der Waals surface area contributed by atoms with E-state index in [0.717, 1.165) is 25.7 Å². The zero-order valence-corrected chi connectivity index (χ0v) is 10.5. The minimum absolute atomic E-state index is 0.0682. The number of rotatable bonds is 2.